The third kappa shape index (κ3) is 2.73. The van der Waals surface area contributed by atoms with Crippen LogP contribution in [0.2, 0.25) is 0 Å². The number of nitrogens with zero attached hydrogens (tertiary/aromatic N) is 2. The molecule has 0 aliphatic rings. The second kappa shape index (κ2) is 5.09. The van der Waals surface area contributed by atoms with Gasteiger partial charge in [0.05, 0.1) is 0 Å². The van der Waals surface area contributed by atoms with E-state index < -0.39 is 11.8 Å². The van der Waals surface area contributed by atoms with Crippen LogP contribution in [0.3, 0.4) is 0 Å². The number of carbonyl (C=O) groups excluding carboxylic acids is 1. The Bertz CT molecular complexity index is 608. The molecule has 5 nitrogen and oxygen atoms in total. The smallest absolute Gasteiger partial charge is 0.364 e. The van der Waals surface area contributed by atoms with E-state index >= 15 is 0 Å². The first-order chi connectivity index (χ1) is 8.99. The maximum atomic E-state index is 13.4. The van der Waals surface area contributed by atoms with Crippen molar-refractivity contribution in [3.05, 3.63) is 41.8 Å². The van der Waals surface area contributed by atoms with E-state index in [4.69, 9.17) is 10.5 Å². The minimum Gasteiger partial charge on any atom is -0.419 e. The standard InChI is InChI=1S/C13H14FN3O2/c1-8(2)17-12(15)7-10(16-17)13(18)19-11-6-4-3-5-9(11)14/h3-8H,15H2,1-2H3. The molecule has 100 valence electrons. The van der Waals surface area contributed by atoms with Crippen LogP contribution in [0.5, 0.6) is 5.75 Å². The summed E-state index contributed by atoms with van der Waals surface area (Å²) in [6, 6.07) is 7.10. The lowest BCUT2D eigenvalue weighted by Crippen LogP contribution is -2.12. The van der Waals surface area contributed by atoms with Gasteiger partial charge in [0.15, 0.2) is 17.3 Å². The highest BCUT2D eigenvalue weighted by atomic mass is 19.1. The van der Waals surface area contributed by atoms with Gasteiger partial charge in [0.2, 0.25) is 0 Å². The fourth-order valence-electron chi connectivity index (χ4n) is 1.60. The molecule has 0 saturated carbocycles. The maximum Gasteiger partial charge on any atom is 0.364 e. The van der Waals surface area contributed by atoms with Gasteiger partial charge in [-0.2, -0.15) is 5.10 Å². The molecule has 0 radical (unpaired) electrons. The first kappa shape index (κ1) is 13.1. The molecule has 0 unspecified atom stereocenters. The first-order valence-electron chi connectivity index (χ1n) is 5.80. The molecule has 0 aliphatic carbocycles. The average Bonchev–Trinajstić information content (AvgIpc) is 2.74. The molecule has 0 fully saturated rings. The minimum atomic E-state index is -0.740. The van der Waals surface area contributed by atoms with E-state index in [2.05, 4.69) is 5.10 Å². The fourth-order valence-corrected chi connectivity index (χ4v) is 1.60. The highest BCUT2D eigenvalue weighted by Gasteiger charge is 2.17. The van der Waals surface area contributed by atoms with E-state index in [1.165, 1.54) is 28.9 Å². The van der Waals surface area contributed by atoms with E-state index in [1.807, 2.05) is 13.8 Å². The number of rotatable bonds is 3. The van der Waals surface area contributed by atoms with Gasteiger partial charge in [0.1, 0.15) is 5.82 Å². The number of esters is 1. The third-order valence-corrected chi connectivity index (χ3v) is 2.50. The molecule has 0 bridgehead atoms. The van der Waals surface area contributed by atoms with Crippen molar-refractivity contribution in [3.8, 4) is 5.75 Å². The van der Waals surface area contributed by atoms with Gasteiger partial charge >= 0.3 is 5.97 Å². The summed E-state index contributed by atoms with van der Waals surface area (Å²) in [7, 11) is 0. The predicted octanol–water partition coefficient (Wildman–Crippen LogP) is 2.40. The number of para-hydroxylation sites is 1. The van der Waals surface area contributed by atoms with Crippen molar-refractivity contribution in [2.24, 2.45) is 0 Å². The van der Waals surface area contributed by atoms with Crippen molar-refractivity contribution in [2.45, 2.75) is 19.9 Å². The van der Waals surface area contributed by atoms with E-state index in [1.54, 1.807) is 6.07 Å². The van der Waals surface area contributed by atoms with Gasteiger partial charge < -0.3 is 10.5 Å². The topological polar surface area (TPSA) is 70.1 Å². The summed E-state index contributed by atoms with van der Waals surface area (Å²) in [6.07, 6.45) is 0. The Balaban J connectivity index is 2.21. The average molecular weight is 263 g/mol. The van der Waals surface area contributed by atoms with Crippen LogP contribution < -0.4 is 10.5 Å². The Labute approximate surface area is 109 Å². The van der Waals surface area contributed by atoms with Crippen LogP contribution >= 0.6 is 0 Å². The molecule has 0 amide bonds. The molecule has 1 heterocycles. The lowest BCUT2D eigenvalue weighted by Gasteiger charge is -2.06. The molecule has 6 heteroatoms. The first-order valence-corrected chi connectivity index (χ1v) is 5.80. The quantitative estimate of drug-likeness (QED) is 0.682. The molecule has 2 rings (SSSR count). The summed E-state index contributed by atoms with van der Waals surface area (Å²) < 4.78 is 19.8. The lowest BCUT2D eigenvalue weighted by molar-refractivity contribution is 0.0720. The van der Waals surface area contributed by atoms with Gasteiger partial charge in [0.25, 0.3) is 0 Å². The highest BCUT2D eigenvalue weighted by molar-refractivity contribution is 5.89. The Morgan fingerprint density at radius 2 is 2.11 bits per heavy atom. The summed E-state index contributed by atoms with van der Waals surface area (Å²) in [5.41, 5.74) is 5.77. The molecule has 1 aromatic heterocycles. The zero-order valence-corrected chi connectivity index (χ0v) is 10.6. The second-order valence-electron chi connectivity index (χ2n) is 4.31. The van der Waals surface area contributed by atoms with Gasteiger partial charge in [-0.1, -0.05) is 12.1 Å². The van der Waals surface area contributed by atoms with Crippen LogP contribution in [0.1, 0.15) is 30.4 Å². The Hall–Kier alpha value is -2.37. The van der Waals surface area contributed by atoms with E-state index in [9.17, 15) is 9.18 Å². The van der Waals surface area contributed by atoms with E-state index in [0.717, 1.165) is 0 Å². The van der Waals surface area contributed by atoms with Crippen molar-refractivity contribution in [2.75, 3.05) is 5.73 Å². The van der Waals surface area contributed by atoms with Crippen LogP contribution in [-0.4, -0.2) is 15.7 Å². The van der Waals surface area contributed by atoms with Crippen LogP contribution in [0.25, 0.3) is 0 Å². The van der Waals surface area contributed by atoms with Crippen LogP contribution in [0.15, 0.2) is 30.3 Å². The summed E-state index contributed by atoms with van der Waals surface area (Å²) in [5.74, 6) is -1.12. The van der Waals surface area contributed by atoms with Crippen molar-refractivity contribution in [1.82, 2.24) is 9.78 Å². The maximum absolute atomic E-state index is 13.4. The molecule has 0 spiro atoms. The molecule has 0 atom stereocenters. The fraction of sp³-hybridized carbons (Fsp3) is 0.231. The molecular formula is C13H14FN3O2. The summed E-state index contributed by atoms with van der Waals surface area (Å²) >= 11 is 0. The predicted molar refractivity (Wildman–Crippen MR) is 68.4 cm³/mol. The van der Waals surface area contributed by atoms with Gasteiger partial charge in [-0.05, 0) is 26.0 Å². The molecular weight excluding hydrogens is 249 g/mol. The number of halogens is 1. The Morgan fingerprint density at radius 1 is 1.42 bits per heavy atom. The summed E-state index contributed by atoms with van der Waals surface area (Å²) in [5, 5.41) is 4.03. The molecule has 0 aliphatic heterocycles. The van der Waals surface area contributed by atoms with Crippen LogP contribution in [-0.2, 0) is 0 Å². The SMILES string of the molecule is CC(C)n1nc(C(=O)Oc2ccccc2F)cc1N. The number of ether oxygens (including phenoxy) is 1. The normalized spacial score (nSPS) is 10.7. The number of nitrogens with two attached hydrogens (primary N) is 1. The zero-order valence-electron chi connectivity index (χ0n) is 10.6. The van der Waals surface area contributed by atoms with Crippen molar-refractivity contribution >= 4 is 11.8 Å². The van der Waals surface area contributed by atoms with E-state index in [0.29, 0.717) is 5.82 Å². The lowest BCUT2D eigenvalue weighted by atomic mass is 10.3. The highest BCUT2D eigenvalue weighted by Crippen LogP contribution is 2.18. The van der Waals surface area contributed by atoms with E-state index in [-0.39, 0.29) is 17.5 Å². The number of benzene rings is 1. The monoisotopic (exact) mass is 263 g/mol. The third-order valence-electron chi connectivity index (χ3n) is 2.50. The number of hydrogen-bond acceptors (Lipinski definition) is 4. The van der Waals surface area contributed by atoms with Gasteiger partial charge in [-0.25, -0.2) is 13.9 Å². The molecule has 0 saturated heterocycles. The number of carbonyl (C=O) groups is 1. The molecule has 2 aromatic rings. The minimum absolute atomic E-state index is 0.0232. The Kier molecular flexibility index (Phi) is 3.50. The van der Waals surface area contributed by atoms with Crippen molar-refractivity contribution in [1.29, 1.82) is 0 Å². The van der Waals surface area contributed by atoms with Gasteiger partial charge in [-0.3, -0.25) is 0 Å². The molecule has 1 aromatic carbocycles. The molecule has 2 N–H and O–H groups in total. The number of anilines is 1. The summed E-state index contributed by atoms with van der Waals surface area (Å²) in [4.78, 5) is 11.8. The number of nitrogen functional groups attached to an aromatic ring is 1. The van der Waals surface area contributed by atoms with Crippen molar-refractivity contribution in [3.63, 3.8) is 0 Å². The number of hydrogen-bond donors (Lipinski definition) is 1. The Morgan fingerprint density at radius 3 is 2.68 bits per heavy atom. The van der Waals surface area contributed by atoms with Crippen molar-refractivity contribution < 1.29 is 13.9 Å². The molecule has 19 heavy (non-hydrogen) atoms. The van der Waals surface area contributed by atoms with Gasteiger partial charge in [0, 0.05) is 12.1 Å². The summed E-state index contributed by atoms with van der Waals surface area (Å²) in [6.45, 7) is 3.77. The number of aromatic nitrogens is 2. The van der Waals surface area contributed by atoms with Gasteiger partial charge in [-0.15, -0.1) is 0 Å². The van der Waals surface area contributed by atoms with Crippen LogP contribution in [0, 0.1) is 5.82 Å². The largest absolute Gasteiger partial charge is 0.419 e. The second-order valence-corrected chi connectivity index (χ2v) is 4.31. The van der Waals surface area contributed by atoms with Crippen LogP contribution in [0.4, 0.5) is 10.2 Å². The zero-order chi connectivity index (χ0) is 14.0.